The van der Waals surface area contributed by atoms with Crippen LogP contribution < -0.4 is 10.2 Å². The molecule has 4 rings (SSSR count). The number of aryl methyl sites for hydroxylation is 1. The summed E-state index contributed by atoms with van der Waals surface area (Å²) in [6.07, 6.45) is 5.03. The molecule has 1 fully saturated rings. The molecule has 3 heterocycles. The Morgan fingerprint density at radius 1 is 1.19 bits per heavy atom. The number of amides is 1. The van der Waals surface area contributed by atoms with Gasteiger partial charge in [0.15, 0.2) is 5.82 Å². The second-order valence-corrected chi connectivity index (χ2v) is 9.60. The summed E-state index contributed by atoms with van der Waals surface area (Å²) in [4.78, 5) is 24.1. The minimum Gasteiger partial charge on any atom is -0.354 e. The highest BCUT2D eigenvalue weighted by Gasteiger charge is 2.32. The summed E-state index contributed by atoms with van der Waals surface area (Å²) < 4.78 is 14.7. The summed E-state index contributed by atoms with van der Waals surface area (Å²) in [5.41, 5.74) is 2.91. The molecule has 0 bridgehead atoms. The highest BCUT2D eigenvalue weighted by molar-refractivity contribution is 7.19. The maximum absolute atomic E-state index is 14.7. The van der Waals surface area contributed by atoms with Crippen molar-refractivity contribution in [1.29, 1.82) is 0 Å². The Morgan fingerprint density at radius 2 is 2.00 bits per heavy atom. The van der Waals surface area contributed by atoms with Gasteiger partial charge in [-0.05, 0) is 37.1 Å². The van der Waals surface area contributed by atoms with Gasteiger partial charge in [0.25, 0.3) is 5.91 Å². The van der Waals surface area contributed by atoms with Gasteiger partial charge in [0.2, 0.25) is 0 Å². The number of carbonyl (C=O) groups is 1. The first-order valence-electron chi connectivity index (χ1n) is 10.4. The number of anilines is 2. The number of hydrogen-bond acceptors (Lipinski definition) is 4. The van der Waals surface area contributed by atoms with Crippen molar-refractivity contribution in [1.82, 2.24) is 9.97 Å². The average molecular weight is 436 g/mol. The quantitative estimate of drug-likeness (QED) is 0.576. The van der Waals surface area contributed by atoms with E-state index in [1.54, 1.807) is 42.7 Å². The zero-order valence-corrected chi connectivity index (χ0v) is 18.9. The van der Waals surface area contributed by atoms with Crippen molar-refractivity contribution in [2.45, 2.75) is 31.8 Å². The molecule has 2 unspecified atom stereocenters. The maximum atomic E-state index is 14.7. The van der Waals surface area contributed by atoms with Crippen LogP contribution in [0.4, 0.5) is 15.9 Å². The van der Waals surface area contributed by atoms with E-state index in [0.29, 0.717) is 28.2 Å². The molecule has 0 radical (unpaired) electrons. The predicted octanol–water partition coefficient (Wildman–Crippen LogP) is 4.94. The first kappa shape index (κ1) is 21.4. The first-order chi connectivity index (χ1) is 14.9. The summed E-state index contributed by atoms with van der Waals surface area (Å²) in [7, 11) is 2.90. The molecule has 160 valence electrons. The summed E-state index contributed by atoms with van der Waals surface area (Å²) in [5, 5.41) is 3.07. The van der Waals surface area contributed by atoms with Gasteiger partial charge in [-0.3, -0.25) is 9.78 Å². The van der Waals surface area contributed by atoms with Crippen LogP contribution in [-0.2, 0) is 6.42 Å². The van der Waals surface area contributed by atoms with Crippen LogP contribution in [0.25, 0.3) is 11.1 Å². The molecule has 0 saturated carbocycles. The van der Waals surface area contributed by atoms with Gasteiger partial charge in [0.1, 0.15) is 5.82 Å². The van der Waals surface area contributed by atoms with E-state index in [4.69, 9.17) is 0 Å². The SMILES string of the molecule is CCc1ccc(C(=O)Nc2c(-c3ccccc3F)ccnc2N2CCC(C)(P)C2)cn1. The van der Waals surface area contributed by atoms with E-state index in [0.717, 1.165) is 31.6 Å². The van der Waals surface area contributed by atoms with Gasteiger partial charge < -0.3 is 10.2 Å². The zero-order chi connectivity index (χ0) is 22.0. The highest BCUT2D eigenvalue weighted by atomic mass is 31.0. The fourth-order valence-corrected chi connectivity index (χ4v) is 4.19. The van der Waals surface area contributed by atoms with Crippen LogP contribution in [0.1, 0.15) is 36.3 Å². The van der Waals surface area contributed by atoms with E-state index in [2.05, 4.69) is 36.3 Å². The van der Waals surface area contributed by atoms with Gasteiger partial charge in [0, 0.05) is 47.5 Å². The molecule has 2 atom stereocenters. The predicted molar refractivity (Wildman–Crippen MR) is 126 cm³/mol. The molecule has 31 heavy (non-hydrogen) atoms. The van der Waals surface area contributed by atoms with Crippen LogP contribution >= 0.6 is 9.24 Å². The molecule has 5 nitrogen and oxygen atoms in total. The lowest BCUT2D eigenvalue weighted by molar-refractivity contribution is 0.102. The Kier molecular flexibility index (Phi) is 6.01. The lowest BCUT2D eigenvalue weighted by atomic mass is 10.0. The van der Waals surface area contributed by atoms with Gasteiger partial charge >= 0.3 is 0 Å². The van der Waals surface area contributed by atoms with Gasteiger partial charge in [0.05, 0.1) is 11.3 Å². The third-order valence-electron chi connectivity index (χ3n) is 5.59. The maximum Gasteiger partial charge on any atom is 0.257 e. The molecular formula is C24H26FN4OP. The number of hydrogen-bond donors (Lipinski definition) is 1. The minimum absolute atomic E-state index is 0.0663. The molecule has 1 aliphatic heterocycles. The third kappa shape index (κ3) is 4.59. The van der Waals surface area contributed by atoms with Crippen molar-refractivity contribution in [2.24, 2.45) is 0 Å². The van der Waals surface area contributed by atoms with Gasteiger partial charge in [-0.1, -0.05) is 32.0 Å². The largest absolute Gasteiger partial charge is 0.354 e. The number of aromatic nitrogens is 2. The minimum atomic E-state index is -0.346. The van der Waals surface area contributed by atoms with Crippen LogP contribution in [0, 0.1) is 5.82 Å². The number of benzene rings is 1. The van der Waals surface area contributed by atoms with Crippen molar-refractivity contribution in [3.63, 3.8) is 0 Å². The Hall–Kier alpha value is -2.85. The Bertz CT molecular complexity index is 1100. The number of nitrogens with one attached hydrogen (secondary N) is 1. The Balaban J connectivity index is 1.77. The molecule has 7 heteroatoms. The molecule has 2 aromatic heterocycles. The van der Waals surface area contributed by atoms with Crippen molar-refractivity contribution >= 4 is 26.7 Å². The van der Waals surface area contributed by atoms with E-state index < -0.39 is 0 Å². The second kappa shape index (κ2) is 8.72. The normalized spacial score (nSPS) is 18.3. The molecule has 0 spiro atoms. The van der Waals surface area contributed by atoms with Gasteiger partial charge in [-0.25, -0.2) is 9.37 Å². The average Bonchev–Trinajstić information content (AvgIpc) is 3.14. The van der Waals surface area contributed by atoms with Crippen LogP contribution in [0.2, 0.25) is 0 Å². The van der Waals surface area contributed by atoms with E-state index in [9.17, 15) is 9.18 Å². The third-order valence-corrected chi connectivity index (χ3v) is 6.06. The highest BCUT2D eigenvalue weighted by Crippen LogP contribution is 2.40. The number of halogens is 1. The number of rotatable bonds is 5. The summed E-state index contributed by atoms with van der Waals surface area (Å²) in [6, 6.07) is 11.9. The van der Waals surface area contributed by atoms with Gasteiger partial charge in [-0.15, -0.1) is 9.24 Å². The van der Waals surface area contributed by atoms with Crippen LogP contribution in [-0.4, -0.2) is 34.1 Å². The monoisotopic (exact) mass is 436 g/mol. The van der Waals surface area contributed by atoms with E-state index >= 15 is 0 Å². The molecule has 1 aliphatic rings. The van der Waals surface area contributed by atoms with Crippen molar-refractivity contribution < 1.29 is 9.18 Å². The summed E-state index contributed by atoms with van der Waals surface area (Å²) in [6.45, 7) is 5.78. The lowest BCUT2D eigenvalue weighted by Crippen LogP contribution is -2.27. The summed E-state index contributed by atoms with van der Waals surface area (Å²) in [5.74, 6) is 0.00895. The standard InChI is InChI=1S/C24H26FN4OP/c1-3-17-9-8-16(14-27-17)23(30)28-21-19(18-6-4-5-7-20(18)25)10-12-26-22(21)29-13-11-24(2,31)15-29/h4-10,12,14H,3,11,13,15,31H2,1-2H3,(H,28,30). The number of nitrogens with zero attached hydrogens (tertiary/aromatic N) is 3. The number of carbonyl (C=O) groups excluding carboxylic acids is 1. The fourth-order valence-electron chi connectivity index (χ4n) is 3.84. The van der Waals surface area contributed by atoms with Crippen molar-refractivity contribution in [2.75, 3.05) is 23.3 Å². The van der Waals surface area contributed by atoms with E-state index in [1.807, 2.05) is 13.0 Å². The first-order valence-corrected chi connectivity index (χ1v) is 11.0. The molecule has 0 aliphatic carbocycles. The van der Waals surface area contributed by atoms with Crippen LogP contribution in [0.3, 0.4) is 0 Å². The number of pyridine rings is 2. The summed E-state index contributed by atoms with van der Waals surface area (Å²) >= 11 is 0. The molecular weight excluding hydrogens is 410 g/mol. The van der Waals surface area contributed by atoms with Crippen LogP contribution in [0.5, 0.6) is 0 Å². The van der Waals surface area contributed by atoms with E-state index in [1.165, 1.54) is 6.07 Å². The topological polar surface area (TPSA) is 58.1 Å². The van der Waals surface area contributed by atoms with Crippen molar-refractivity contribution in [3.8, 4) is 11.1 Å². The lowest BCUT2D eigenvalue weighted by Gasteiger charge is -2.24. The molecule has 1 saturated heterocycles. The molecule has 1 amide bonds. The van der Waals surface area contributed by atoms with Crippen molar-refractivity contribution in [3.05, 3.63) is 71.9 Å². The zero-order valence-electron chi connectivity index (χ0n) is 17.7. The smallest absolute Gasteiger partial charge is 0.257 e. The fraction of sp³-hybridized carbons (Fsp3) is 0.292. The Morgan fingerprint density at radius 3 is 2.65 bits per heavy atom. The Labute approximate surface area is 184 Å². The van der Waals surface area contributed by atoms with Crippen LogP contribution in [0.15, 0.2) is 54.9 Å². The van der Waals surface area contributed by atoms with Gasteiger partial charge in [-0.2, -0.15) is 0 Å². The van der Waals surface area contributed by atoms with E-state index in [-0.39, 0.29) is 16.9 Å². The molecule has 1 aromatic carbocycles. The molecule has 3 aromatic rings. The second-order valence-electron chi connectivity index (χ2n) is 8.21. The molecule has 1 N–H and O–H groups in total.